The number of hydrogen-bond acceptors (Lipinski definition) is 2. The molecule has 1 nitrogen and oxygen atoms in total. The Balaban J connectivity index is 2.44. The maximum absolute atomic E-state index is 13.4. The molecule has 18 heavy (non-hydrogen) atoms. The quantitative estimate of drug-likeness (QED) is 0.847. The largest absolute Gasteiger partial charge is 0.306 e. The van der Waals surface area contributed by atoms with Crippen molar-refractivity contribution in [1.29, 1.82) is 0 Å². The second-order valence-corrected chi connectivity index (χ2v) is 5.95. The van der Waals surface area contributed by atoms with Gasteiger partial charge in [-0.1, -0.05) is 30.1 Å². The van der Waals surface area contributed by atoms with Crippen LogP contribution in [0.15, 0.2) is 30.3 Å². The van der Waals surface area contributed by atoms with E-state index in [4.69, 9.17) is 23.2 Å². The molecule has 0 spiro atoms. The summed E-state index contributed by atoms with van der Waals surface area (Å²) < 4.78 is 14.1. The number of benzene rings is 1. The first-order valence-electron chi connectivity index (χ1n) is 5.55. The average molecular weight is 304 g/mol. The monoisotopic (exact) mass is 303 g/mol. The highest BCUT2D eigenvalue weighted by atomic mass is 35.5. The molecule has 0 radical (unpaired) electrons. The molecule has 0 bridgehead atoms. The van der Waals surface area contributed by atoms with Gasteiger partial charge in [0, 0.05) is 9.90 Å². The molecule has 1 aromatic heterocycles. The highest BCUT2D eigenvalue weighted by Gasteiger charge is 2.18. The van der Waals surface area contributed by atoms with Crippen molar-refractivity contribution >= 4 is 34.5 Å². The van der Waals surface area contributed by atoms with Crippen LogP contribution >= 0.6 is 34.5 Å². The molecule has 96 valence electrons. The normalized spacial score (nSPS) is 12.7. The van der Waals surface area contributed by atoms with Gasteiger partial charge in [-0.2, -0.15) is 0 Å². The first-order chi connectivity index (χ1) is 8.61. The van der Waals surface area contributed by atoms with E-state index in [1.165, 1.54) is 23.5 Å². The third kappa shape index (κ3) is 3.04. The molecule has 1 unspecified atom stereocenters. The molecule has 2 aromatic rings. The maximum atomic E-state index is 13.4. The van der Waals surface area contributed by atoms with Crippen LogP contribution in [0.1, 0.15) is 23.4 Å². The van der Waals surface area contributed by atoms with Gasteiger partial charge in [-0.25, -0.2) is 4.39 Å². The van der Waals surface area contributed by atoms with Crippen molar-refractivity contribution in [2.45, 2.75) is 13.0 Å². The van der Waals surface area contributed by atoms with E-state index in [2.05, 4.69) is 5.32 Å². The van der Waals surface area contributed by atoms with Crippen molar-refractivity contribution < 1.29 is 4.39 Å². The van der Waals surface area contributed by atoms with Crippen molar-refractivity contribution in [2.24, 2.45) is 0 Å². The molecule has 0 amide bonds. The Morgan fingerprint density at radius 1 is 1.28 bits per heavy atom. The van der Waals surface area contributed by atoms with Gasteiger partial charge < -0.3 is 5.32 Å². The fraction of sp³-hybridized carbons (Fsp3) is 0.231. The SMILES string of the molecule is CCNC(c1ccc(Cl)s1)c1cc(F)ccc1Cl. The Labute approximate surface area is 120 Å². The summed E-state index contributed by atoms with van der Waals surface area (Å²) in [5.41, 5.74) is 0.733. The minimum atomic E-state index is -0.292. The molecule has 0 aliphatic carbocycles. The molecular weight excluding hydrogens is 292 g/mol. The van der Waals surface area contributed by atoms with E-state index in [0.717, 1.165) is 17.0 Å². The van der Waals surface area contributed by atoms with Gasteiger partial charge in [-0.05, 0) is 42.4 Å². The molecule has 1 atom stereocenters. The number of nitrogens with one attached hydrogen (secondary N) is 1. The smallest absolute Gasteiger partial charge is 0.123 e. The Bertz CT molecular complexity index is 542. The summed E-state index contributed by atoms with van der Waals surface area (Å²) >= 11 is 13.6. The minimum absolute atomic E-state index is 0.129. The predicted octanol–water partition coefficient (Wildman–Crippen LogP) is 4.89. The zero-order valence-corrected chi connectivity index (χ0v) is 12.0. The van der Waals surface area contributed by atoms with Gasteiger partial charge in [0.2, 0.25) is 0 Å². The van der Waals surface area contributed by atoms with E-state index in [1.807, 2.05) is 19.1 Å². The second kappa shape index (κ2) is 6.02. The summed E-state index contributed by atoms with van der Waals surface area (Å²) in [6.45, 7) is 2.75. The van der Waals surface area contributed by atoms with Gasteiger partial charge in [0.25, 0.3) is 0 Å². The van der Waals surface area contributed by atoms with Gasteiger partial charge >= 0.3 is 0 Å². The summed E-state index contributed by atoms with van der Waals surface area (Å²) in [6.07, 6.45) is 0. The summed E-state index contributed by atoms with van der Waals surface area (Å²) in [7, 11) is 0. The molecule has 1 heterocycles. The van der Waals surface area contributed by atoms with E-state index < -0.39 is 0 Å². The summed E-state index contributed by atoms with van der Waals surface area (Å²) in [5, 5.41) is 3.85. The summed E-state index contributed by atoms with van der Waals surface area (Å²) in [5.74, 6) is -0.292. The third-order valence-electron chi connectivity index (χ3n) is 2.56. The predicted molar refractivity (Wildman–Crippen MR) is 76.3 cm³/mol. The van der Waals surface area contributed by atoms with Gasteiger partial charge in [-0.15, -0.1) is 11.3 Å². The lowest BCUT2D eigenvalue weighted by molar-refractivity contribution is 0.607. The molecule has 0 fully saturated rings. The van der Waals surface area contributed by atoms with Crippen LogP contribution in [0.4, 0.5) is 4.39 Å². The van der Waals surface area contributed by atoms with Crippen molar-refractivity contribution in [3.05, 3.63) is 55.9 Å². The number of rotatable bonds is 4. The lowest BCUT2D eigenvalue weighted by Crippen LogP contribution is -2.21. The van der Waals surface area contributed by atoms with E-state index in [-0.39, 0.29) is 11.9 Å². The highest BCUT2D eigenvalue weighted by molar-refractivity contribution is 7.16. The number of thiophene rings is 1. The molecule has 0 saturated carbocycles. The zero-order valence-electron chi connectivity index (χ0n) is 9.71. The van der Waals surface area contributed by atoms with Crippen molar-refractivity contribution in [3.8, 4) is 0 Å². The van der Waals surface area contributed by atoms with Crippen molar-refractivity contribution in [1.82, 2.24) is 5.32 Å². The Morgan fingerprint density at radius 2 is 2.06 bits per heavy atom. The first-order valence-corrected chi connectivity index (χ1v) is 7.12. The van der Waals surface area contributed by atoms with Gasteiger partial charge in [0.1, 0.15) is 5.82 Å². The Kier molecular flexibility index (Phi) is 4.62. The van der Waals surface area contributed by atoms with Crippen LogP contribution in [0.3, 0.4) is 0 Å². The zero-order chi connectivity index (χ0) is 13.1. The summed E-state index contributed by atoms with van der Waals surface area (Å²) in [6, 6.07) is 8.03. The first kappa shape index (κ1) is 13.8. The Hall–Kier alpha value is -0.610. The third-order valence-corrected chi connectivity index (χ3v) is 4.20. The standard InChI is InChI=1S/C13H12Cl2FNS/c1-2-17-13(11-5-6-12(15)18-11)9-7-8(16)3-4-10(9)14/h3-7,13,17H,2H2,1H3. The molecular formula is C13H12Cl2FNS. The second-order valence-electron chi connectivity index (χ2n) is 3.80. The van der Waals surface area contributed by atoms with Crippen LogP contribution in [0.5, 0.6) is 0 Å². The summed E-state index contributed by atoms with van der Waals surface area (Å²) in [4.78, 5) is 1.02. The molecule has 1 N–H and O–H groups in total. The topological polar surface area (TPSA) is 12.0 Å². The molecule has 0 aliphatic rings. The van der Waals surface area contributed by atoms with E-state index in [1.54, 1.807) is 6.07 Å². The average Bonchev–Trinajstić information content (AvgIpc) is 2.76. The van der Waals surface area contributed by atoms with Crippen LogP contribution < -0.4 is 5.32 Å². The van der Waals surface area contributed by atoms with Gasteiger partial charge in [-0.3, -0.25) is 0 Å². The Morgan fingerprint density at radius 3 is 2.67 bits per heavy atom. The van der Waals surface area contributed by atoms with Crippen LogP contribution in [0, 0.1) is 5.82 Å². The number of halogens is 3. The van der Waals surface area contributed by atoms with Gasteiger partial charge in [0.05, 0.1) is 10.4 Å². The molecule has 0 saturated heterocycles. The fourth-order valence-electron chi connectivity index (χ4n) is 1.79. The van der Waals surface area contributed by atoms with E-state index in [0.29, 0.717) is 9.36 Å². The van der Waals surface area contributed by atoms with Crippen LogP contribution in [0.2, 0.25) is 9.36 Å². The van der Waals surface area contributed by atoms with Crippen LogP contribution in [-0.2, 0) is 0 Å². The van der Waals surface area contributed by atoms with E-state index >= 15 is 0 Å². The highest BCUT2D eigenvalue weighted by Crippen LogP contribution is 2.34. The van der Waals surface area contributed by atoms with Crippen LogP contribution in [0.25, 0.3) is 0 Å². The van der Waals surface area contributed by atoms with Crippen molar-refractivity contribution in [3.63, 3.8) is 0 Å². The molecule has 0 aliphatic heterocycles. The minimum Gasteiger partial charge on any atom is -0.306 e. The van der Waals surface area contributed by atoms with E-state index in [9.17, 15) is 4.39 Å². The molecule has 5 heteroatoms. The lowest BCUT2D eigenvalue weighted by Gasteiger charge is -2.18. The molecule has 1 aromatic carbocycles. The lowest BCUT2D eigenvalue weighted by atomic mass is 10.1. The fourth-order valence-corrected chi connectivity index (χ4v) is 3.17. The molecule has 2 rings (SSSR count). The number of hydrogen-bond donors (Lipinski definition) is 1. The van der Waals surface area contributed by atoms with Crippen LogP contribution in [-0.4, -0.2) is 6.54 Å². The van der Waals surface area contributed by atoms with Crippen molar-refractivity contribution in [2.75, 3.05) is 6.54 Å². The van der Waals surface area contributed by atoms with Gasteiger partial charge in [0.15, 0.2) is 0 Å². The maximum Gasteiger partial charge on any atom is 0.123 e.